The van der Waals surface area contributed by atoms with E-state index in [0.717, 1.165) is 63.5 Å². The molecule has 0 unspecified atom stereocenters. The van der Waals surface area contributed by atoms with Gasteiger partial charge in [0.15, 0.2) is 0 Å². The molecule has 8 nitrogen and oxygen atoms in total. The van der Waals surface area contributed by atoms with Crippen molar-refractivity contribution in [2.24, 2.45) is 0 Å². The van der Waals surface area contributed by atoms with E-state index < -0.39 is 34.5 Å². The van der Waals surface area contributed by atoms with Gasteiger partial charge in [-0.2, -0.15) is 12.7 Å². The highest BCUT2D eigenvalue weighted by molar-refractivity contribution is 7.90. The second-order valence-corrected chi connectivity index (χ2v) is 13.3. The maximum Gasteiger partial charge on any atom is 0.304 e. The molecule has 0 spiro atoms. The summed E-state index contributed by atoms with van der Waals surface area (Å²) in [5, 5.41) is 3.18. The average molecular weight is 609 g/mol. The van der Waals surface area contributed by atoms with Gasteiger partial charge in [0.25, 0.3) is 0 Å². The normalized spacial score (nSPS) is 14.7. The van der Waals surface area contributed by atoms with Crippen LogP contribution in [-0.2, 0) is 32.8 Å². The lowest BCUT2D eigenvalue weighted by atomic mass is 9.94. The zero-order chi connectivity index (χ0) is 31.0. The van der Waals surface area contributed by atoms with Gasteiger partial charge >= 0.3 is 10.2 Å². The molecule has 1 atom stereocenters. The quantitative estimate of drug-likeness (QED) is 0.319. The highest BCUT2D eigenvalue weighted by Gasteiger charge is 2.36. The lowest BCUT2D eigenvalue weighted by Gasteiger charge is -2.35. The van der Waals surface area contributed by atoms with Crippen molar-refractivity contribution in [2.75, 3.05) is 24.9 Å². The molecule has 0 heterocycles. The van der Waals surface area contributed by atoms with Crippen LogP contribution in [0, 0.1) is 12.7 Å². The van der Waals surface area contributed by atoms with Crippen molar-refractivity contribution < 1.29 is 22.4 Å². The van der Waals surface area contributed by atoms with E-state index in [4.69, 9.17) is 0 Å². The van der Waals surface area contributed by atoms with Crippen molar-refractivity contribution >= 4 is 27.7 Å². The Hall–Kier alpha value is -3.76. The first-order valence-electron chi connectivity index (χ1n) is 14.7. The van der Waals surface area contributed by atoms with E-state index in [9.17, 15) is 18.0 Å². The molecule has 230 valence electrons. The molecule has 0 aromatic heterocycles. The van der Waals surface area contributed by atoms with Crippen LogP contribution in [0.4, 0.5) is 10.1 Å². The predicted molar refractivity (Wildman–Crippen MR) is 167 cm³/mol. The fraction of sp³-hybridized carbons (Fsp3) is 0.394. The molecule has 1 saturated carbocycles. The Bertz CT molecular complexity index is 1490. The fourth-order valence-corrected chi connectivity index (χ4v) is 6.49. The number of amides is 2. The maximum absolute atomic E-state index is 15.0. The molecule has 3 aromatic carbocycles. The number of anilines is 1. The predicted octanol–water partition coefficient (Wildman–Crippen LogP) is 4.84. The number of hydrogen-bond acceptors (Lipinski definition) is 4. The van der Waals surface area contributed by atoms with Gasteiger partial charge in [-0.1, -0.05) is 86.0 Å². The van der Waals surface area contributed by atoms with Crippen LogP contribution in [0.2, 0.25) is 0 Å². The molecule has 1 aliphatic rings. The Morgan fingerprint density at radius 1 is 0.907 bits per heavy atom. The van der Waals surface area contributed by atoms with Crippen LogP contribution in [0.25, 0.3) is 0 Å². The van der Waals surface area contributed by atoms with Crippen LogP contribution in [0.1, 0.15) is 48.8 Å². The first kappa shape index (κ1) is 32.2. The number of aryl methyl sites for hydroxylation is 1. The van der Waals surface area contributed by atoms with Crippen LogP contribution in [0.15, 0.2) is 78.9 Å². The first-order chi connectivity index (χ1) is 20.6. The van der Waals surface area contributed by atoms with Gasteiger partial charge in [-0.25, -0.2) is 8.70 Å². The summed E-state index contributed by atoms with van der Waals surface area (Å²) in [6.07, 6.45) is 5.16. The Balaban J connectivity index is 1.77. The molecule has 4 rings (SSSR count). The van der Waals surface area contributed by atoms with E-state index in [2.05, 4.69) is 5.32 Å². The van der Waals surface area contributed by atoms with Gasteiger partial charge in [0.1, 0.15) is 18.4 Å². The molecule has 43 heavy (non-hydrogen) atoms. The number of nitrogens with zero attached hydrogens (tertiary/aromatic N) is 3. The van der Waals surface area contributed by atoms with Gasteiger partial charge in [0.05, 0.1) is 5.69 Å². The lowest BCUT2D eigenvalue weighted by molar-refractivity contribution is -0.140. The minimum Gasteiger partial charge on any atom is -0.352 e. The van der Waals surface area contributed by atoms with E-state index in [1.807, 2.05) is 61.5 Å². The molecule has 10 heteroatoms. The second kappa shape index (κ2) is 14.6. The number of carbonyl (C=O) groups excluding carboxylic acids is 2. The van der Waals surface area contributed by atoms with Crippen molar-refractivity contribution in [2.45, 2.75) is 64.1 Å². The van der Waals surface area contributed by atoms with E-state index in [1.165, 1.54) is 37.2 Å². The Morgan fingerprint density at radius 2 is 1.53 bits per heavy atom. The van der Waals surface area contributed by atoms with Crippen LogP contribution >= 0.6 is 0 Å². The summed E-state index contributed by atoms with van der Waals surface area (Å²) in [6.45, 7) is 1.32. The summed E-state index contributed by atoms with van der Waals surface area (Å²) in [4.78, 5) is 29.8. The monoisotopic (exact) mass is 608 g/mol. The van der Waals surface area contributed by atoms with Crippen molar-refractivity contribution in [3.63, 3.8) is 0 Å². The molecule has 3 aromatic rings. The van der Waals surface area contributed by atoms with E-state index >= 15 is 4.39 Å². The number of halogens is 1. The lowest BCUT2D eigenvalue weighted by Crippen LogP contribution is -2.55. The van der Waals surface area contributed by atoms with E-state index in [-0.39, 0.29) is 30.6 Å². The number of nitrogens with one attached hydrogen (secondary N) is 1. The molecule has 0 radical (unpaired) electrons. The summed E-state index contributed by atoms with van der Waals surface area (Å²) in [6, 6.07) is 21.5. The first-order valence-corrected chi connectivity index (χ1v) is 16.1. The summed E-state index contributed by atoms with van der Waals surface area (Å²) in [7, 11) is -1.62. The molecule has 0 saturated heterocycles. The second-order valence-electron chi connectivity index (χ2n) is 11.2. The van der Waals surface area contributed by atoms with E-state index in [1.54, 1.807) is 0 Å². The van der Waals surface area contributed by atoms with Crippen molar-refractivity contribution in [3.05, 3.63) is 101 Å². The smallest absolute Gasteiger partial charge is 0.304 e. The number of para-hydroxylation sites is 1. The van der Waals surface area contributed by atoms with Crippen LogP contribution in [-0.4, -0.2) is 62.2 Å². The topological polar surface area (TPSA) is 90.0 Å². The molecule has 1 aliphatic carbocycles. The van der Waals surface area contributed by atoms with Crippen LogP contribution in [0.3, 0.4) is 0 Å². The molecular weight excluding hydrogens is 567 g/mol. The molecule has 1 fully saturated rings. The third kappa shape index (κ3) is 8.20. The maximum atomic E-state index is 15.0. The standard InChI is InChI=1S/C33H41FN4O4S/c1-25-14-10-11-17-27(25)23-37(32(39)24-38(43(41,42)36(2)3)30-21-13-12-20-29(30)34)31(22-26-15-6-4-7-16-26)33(40)35-28-18-8-5-9-19-28/h4,6-7,10-17,20-21,28,31H,5,8-9,18-19,22-24H2,1-3H3,(H,35,40)/t31-/m1/s1. The minimum atomic E-state index is -4.27. The van der Waals surface area contributed by atoms with Gasteiger partial charge in [0, 0.05) is 33.1 Å². The number of carbonyl (C=O) groups is 2. The summed E-state index contributed by atoms with van der Waals surface area (Å²) < 4.78 is 43.6. The Kier molecular flexibility index (Phi) is 10.9. The van der Waals surface area contributed by atoms with Gasteiger partial charge in [-0.15, -0.1) is 0 Å². The van der Waals surface area contributed by atoms with Crippen molar-refractivity contribution in [1.29, 1.82) is 0 Å². The van der Waals surface area contributed by atoms with Gasteiger partial charge in [-0.3, -0.25) is 9.59 Å². The van der Waals surface area contributed by atoms with Crippen molar-refractivity contribution in [3.8, 4) is 0 Å². The highest BCUT2D eigenvalue weighted by atomic mass is 32.2. The third-order valence-electron chi connectivity index (χ3n) is 7.96. The summed E-state index contributed by atoms with van der Waals surface area (Å²) in [5.74, 6) is -1.68. The molecule has 0 bridgehead atoms. The highest BCUT2D eigenvalue weighted by Crippen LogP contribution is 2.25. The van der Waals surface area contributed by atoms with Gasteiger partial charge in [0.2, 0.25) is 11.8 Å². The van der Waals surface area contributed by atoms with Crippen LogP contribution < -0.4 is 9.62 Å². The molecule has 1 N–H and O–H groups in total. The van der Waals surface area contributed by atoms with Crippen molar-refractivity contribution in [1.82, 2.24) is 14.5 Å². The number of benzene rings is 3. The van der Waals surface area contributed by atoms with E-state index in [0.29, 0.717) is 0 Å². The zero-order valence-corrected chi connectivity index (χ0v) is 25.9. The number of rotatable bonds is 12. The molecule has 2 amide bonds. The zero-order valence-electron chi connectivity index (χ0n) is 25.1. The van der Waals surface area contributed by atoms with Crippen LogP contribution in [0.5, 0.6) is 0 Å². The Labute approximate surface area is 254 Å². The Morgan fingerprint density at radius 3 is 2.19 bits per heavy atom. The fourth-order valence-electron chi connectivity index (χ4n) is 5.43. The van der Waals surface area contributed by atoms with Gasteiger partial charge in [-0.05, 0) is 48.6 Å². The largest absolute Gasteiger partial charge is 0.352 e. The van der Waals surface area contributed by atoms with Gasteiger partial charge < -0.3 is 10.2 Å². The molecule has 0 aliphatic heterocycles. The SMILES string of the molecule is Cc1ccccc1CN(C(=O)CN(c1ccccc1F)S(=O)(=O)N(C)C)[C@H](Cc1ccccc1)C(=O)NC1CCCCC1. The minimum absolute atomic E-state index is 0.0129. The third-order valence-corrected chi connectivity index (χ3v) is 9.77. The number of hydrogen-bond donors (Lipinski definition) is 1. The summed E-state index contributed by atoms with van der Waals surface area (Å²) >= 11 is 0. The average Bonchev–Trinajstić information content (AvgIpc) is 2.99. The summed E-state index contributed by atoms with van der Waals surface area (Å²) in [5.41, 5.74) is 2.37. The molecular formula is C33H41FN4O4S.